The van der Waals surface area contributed by atoms with E-state index >= 15 is 37.5 Å². The smallest absolute Gasteiger partial charge is 0.305 e. The Morgan fingerprint density at radius 2 is 1.02 bits per heavy atom. The van der Waals surface area contributed by atoms with Gasteiger partial charge < -0.3 is 98.2 Å². The Balaban J connectivity index is 1.22. The Morgan fingerprint density at radius 3 is 1.58 bits per heavy atom. The monoisotopic (exact) mass is 1850 g/mol. The summed E-state index contributed by atoms with van der Waals surface area (Å²) in [6.07, 6.45) is -2.96. The van der Waals surface area contributed by atoms with E-state index in [1.165, 1.54) is 97.6 Å². The summed E-state index contributed by atoms with van der Waals surface area (Å²) in [6.45, 7) is 5.86. The molecular formula is C93H117F3N16O19S. The number of aromatic amines is 1. The molecule has 2 heterocycles. The summed E-state index contributed by atoms with van der Waals surface area (Å²) in [5, 5.41) is 67.9. The number of hydrogen-bond donors (Lipinski definition) is 15. The summed E-state index contributed by atoms with van der Waals surface area (Å²) in [4.78, 5) is 228. The molecule has 710 valence electrons. The number of nitrogens with zero attached hydrogens (tertiary/aromatic N) is 5. The van der Waals surface area contributed by atoms with Gasteiger partial charge in [0.05, 0.1) is 43.9 Å². The minimum atomic E-state index is -1.96. The normalized spacial score (nSPS) is 22.3. The van der Waals surface area contributed by atoms with E-state index in [0.29, 0.717) is 69.0 Å². The van der Waals surface area contributed by atoms with Gasteiger partial charge in [-0.25, -0.2) is 13.2 Å². The quantitative estimate of drug-likeness (QED) is 0.0409. The fourth-order valence-corrected chi connectivity index (χ4v) is 16.0. The molecule has 0 aliphatic carbocycles. The summed E-state index contributed by atoms with van der Waals surface area (Å²) in [6, 6.07) is 18.3. The fraction of sp³-hybridized carbons (Fsp3) is 0.430. The van der Waals surface area contributed by atoms with Crippen LogP contribution >= 0.6 is 11.8 Å². The summed E-state index contributed by atoms with van der Waals surface area (Å²) < 4.78 is 44.9. The number of rotatable bonds is 23. The van der Waals surface area contributed by atoms with Crippen LogP contribution in [0.25, 0.3) is 10.9 Å². The highest BCUT2D eigenvalue weighted by Gasteiger charge is 2.43. The van der Waals surface area contributed by atoms with Crippen molar-refractivity contribution >= 4 is 111 Å². The largest absolute Gasteiger partial charge is 0.508 e. The van der Waals surface area contributed by atoms with Crippen LogP contribution in [0.3, 0.4) is 0 Å². The Kier molecular flexibility index (Phi) is 39.0. The summed E-state index contributed by atoms with van der Waals surface area (Å²) in [5.74, 6) is -23.3. The molecule has 12 atom stereocenters. The van der Waals surface area contributed by atoms with E-state index < -0.39 is 229 Å². The van der Waals surface area contributed by atoms with Crippen molar-refractivity contribution in [2.45, 2.75) is 178 Å². The van der Waals surface area contributed by atoms with Gasteiger partial charge in [0.15, 0.2) is 17.5 Å². The van der Waals surface area contributed by atoms with Gasteiger partial charge in [0.1, 0.15) is 72.1 Å². The van der Waals surface area contributed by atoms with Crippen molar-refractivity contribution in [1.82, 2.24) is 77.3 Å². The molecule has 1 aromatic heterocycles. The second kappa shape index (κ2) is 49.5. The number of amides is 14. The van der Waals surface area contributed by atoms with Gasteiger partial charge in [-0.05, 0) is 107 Å². The minimum Gasteiger partial charge on any atom is -0.508 e. The number of H-pyrrole nitrogens is 1. The van der Waals surface area contributed by atoms with Gasteiger partial charge in [-0.15, -0.1) is 11.8 Å². The number of carboxylic acids is 1. The molecule has 0 saturated carbocycles. The van der Waals surface area contributed by atoms with Crippen molar-refractivity contribution in [2.75, 3.05) is 66.4 Å². The van der Waals surface area contributed by atoms with E-state index in [9.17, 15) is 68.0 Å². The van der Waals surface area contributed by atoms with Crippen molar-refractivity contribution in [3.63, 3.8) is 0 Å². The number of phenols is 2. The van der Waals surface area contributed by atoms with E-state index in [2.05, 4.69) is 52.8 Å². The zero-order valence-corrected chi connectivity index (χ0v) is 75.9. The van der Waals surface area contributed by atoms with Crippen LogP contribution in [0.4, 0.5) is 13.2 Å². The molecule has 0 bridgehead atoms. The molecule has 14 amide bonds. The van der Waals surface area contributed by atoms with Gasteiger partial charge in [-0.2, -0.15) is 0 Å². The molecule has 0 radical (unpaired) electrons. The number of nitrogens with one attached hydrogen (secondary N) is 10. The number of halogens is 3. The second-order valence-corrected chi connectivity index (χ2v) is 34.6. The number of carbonyl (C=O) groups is 15. The van der Waals surface area contributed by atoms with Crippen LogP contribution in [0, 0.1) is 29.3 Å². The molecule has 1 unspecified atom stereocenters. The Labute approximate surface area is 766 Å². The average molecular weight is 1850 g/mol. The molecule has 1 aliphatic heterocycles. The number of para-hydroxylation sites is 1. The third-order valence-corrected chi connectivity index (χ3v) is 23.4. The molecular weight excluding hydrogens is 1730 g/mol. The van der Waals surface area contributed by atoms with Crippen LogP contribution in [0.15, 0.2) is 152 Å². The highest BCUT2D eigenvalue weighted by molar-refractivity contribution is 8.00. The Hall–Kier alpha value is -13.4. The molecule has 1 fully saturated rings. The van der Waals surface area contributed by atoms with Crippen molar-refractivity contribution in [1.29, 1.82) is 0 Å². The fourth-order valence-electron chi connectivity index (χ4n) is 15.2. The topological polar surface area (TPSA) is 503 Å². The van der Waals surface area contributed by atoms with Crippen LogP contribution < -0.4 is 53.6 Å². The maximum atomic E-state index is 15.5. The Morgan fingerprint density at radius 1 is 0.515 bits per heavy atom. The lowest BCUT2D eigenvalue weighted by atomic mass is 9.98. The second-order valence-electron chi connectivity index (χ2n) is 33.6. The number of carbonyl (C=O) groups excluding carboxylic acids is 14. The Bertz CT molecular complexity index is 5190. The van der Waals surface area contributed by atoms with E-state index in [4.69, 9.17) is 5.73 Å². The maximum Gasteiger partial charge on any atom is 0.305 e. The van der Waals surface area contributed by atoms with Crippen LogP contribution in [0.1, 0.15) is 100 Å². The molecule has 6 aromatic carbocycles. The third kappa shape index (κ3) is 30.6. The zero-order valence-electron chi connectivity index (χ0n) is 75.1. The van der Waals surface area contributed by atoms with E-state index in [1.54, 1.807) is 112 Å². The SMILES string of the molecule is CCCC[C@H]1C(=O)N(C)CC(=O)N[C@@H](CC(=O)O)C(=O)N[C@@H](C(C)C)C(=O)N(C)[C@@H](Cc2ccccc2)C(=O)N[C@@H](Cc2ccc(O)cc2)C(=O)N(C)CC(=O)N[C@@H](Cc2c[nH]c3ccccc23)C(=O)N[C@@H](Cc2ccc(O)cc2)C(O)N[C@@H](CC(C)C)C(=O)N[C@H](C(=O)NCC(N)=O)CSCC(=O)N[C@@H](Cc2cc(F)c(F)c(F)c2)C(=O)N(C)[C@@H](Cc2ccccc2)C(=O)N1C. The number of aliphatic hydroxyl groups excluding tert-OH is 1. The maximum absolute atomic E-state index is 15.5. The molecule has 16 N–H and O–H groups in total. The first-order valence-electron chi connectivity index (χ1n) is 43.1. The number of primary amides is 1. The van der Waals surface area contributed by atoms with Crippen molar-refractivity contribution in [3.05, 3.63) is 203 Å². The van der Waals surface area contributed by atoms with Crippen molar-refractivity contribution < 1.29 is 106 Å². The molecule has 39 heteroatoms. The number of hydrogen-bond acceptors (Lipinski definition) is 20. The van der Waals surface area contributed by atoms with Crippen molar-refractivity contribution in [3.8, 4) is 11.5 Å². The lowest BCUT2D eigenvalue weighted by Gasteiger charge is -2.37. The standard InChI is InChI=1S/C93H117F3N16O19S/c1-11-12-27-73-91(129)109(7)49-78(117)101-69(45-80(119)120)87(125)107-82(53(4)5)93(131)111(9)74(42-54-21-15-13-16-22-54)88(126)105-70(40-57-30-34-61(114)35-31-57)89(127)108(6)48-77(116)100-68(44-59-46-98-65-26-20-19-25-62(59)65)86(124)104-67(39-56-28-32-60(113)33-29-56)85(123)103-66(36-52(2)3)84(122)106-72(83(121)99-47-76(97)115)50-132-51-79(118)102-71(41-58-37-63(94)81(96)64(95)38-58)90(128)112(10)75(92(130)110(73)8)43-55-23-17-14-18-24-55/h13-26,28-35,37-38,46,52-53,66-75,82,85,98,103,113-114,123H,11-12,27,36,39-45,47-51H2,1-10H3,(H2,97,115)(H,99,121)(H,100,116)(H,101,117)(H,102,118)(H,104,124)(H,105,126)(H,106,122)(H,107,125)(H,119,120)/t66-,67-,68-,69-,70-,71-,72-,73-,74-,75-,82-,85?/m0/s1. The number of aromatic hydroxyl groups is 2. The summed E-state index contributed by atoms with van der Waals surface area (Å²) in [5.41, 5.74) is 7.97. The number of aliphatic hydroxyl groups is 1. The van der Waals surface area contributed by atoms with Gasteiger partial charge in [-0.3, -0.25) is 77.2 Å². The minimum absolute atomic E-state index is 0.0702. The van der Waals surface area contributed by atoms with Crippen molar-refractivity contribution in [2.24, 2.45) is 17.6 Å². The highest BCUT2D eigenvalue weighted by Crippen LogP contribution is 2.26. The number of aliphatic carboxylic acids is 1. The number of aromatic nitrogens is 1. The van der Waals surface area contributed by atoms with Gasteiger partial charge in [0, 0.05) is 90.2 Å². The predicted octanol–water partition coefficient (Wildman–Crippen LogP) is 2.54. The number of likely N-dealkylation sites (N-methyl/N-ethyl adjacent to an activating group) is 5. The van der Waals surface area contributed by atoms with Crippen LogP contribution in [-0.2, 0) is 110 Å². The van der Waals surface area contributed by atoms with E-state index in [1.807, 2.05) is 0 Å². The lowest BCUT2D eigenvalue weighted by molar-refractivity contribution is -0.151. The van der Waals surface area contributed by atoms with E-state index in [-0.39, 0.29) is 74.3 Å². The highest BCUT2D eigenvalue weighted by atomic mass is 32.2. The summed E-state index contributed by atoms with van der Waals surface area (Å²) >= 11 is 0.684. The summed E-state index contributed by atoms with van der Waals surface area (Å²) in [7, 11) is 6.14. The van der Waals surface area contributed by atoms with Gasteiger partial charge in [0.25, 0.3) is 0 Å². The first-order chi connectivity index (χ1) is 62.6. The number of fused-ring (bicyclic) bond motifs is 1. The zero-order chi connectivity index (χ0) is 96.9. The van der Waals surface area contributed by atoms with Gasteiger partial charge in [-0.1, -0.05) is 151 Å². The number of benzene rings is 6. The molecule has 0 spiro atoms. The number of nitrogens with two attached hydrogens (primary N) is 1. The third-order valence-electron chi connectivity index (χ3n) is 22.4. The average Bonchev–Trinajstić information content (AvgIpc) is 1.28. The van der Waals surface area contributed by atoms with Gasteiger partial charge in [0.2, 0.25) is 82.7 Å². The van der Waals surface area contributed by atoms with Crippen LogP contribution in [0.2, 0.25) is 0 Å². The molecule has 132 heavy (non-hydrogen) atoms. The molecule has 8 rings (SSSR count). The number of carboxylic acid groups (broad SMARTS) is 1. The number of unbranched alkanes of at least 4 members (excludes halogenated alkanes) is 1. The molecule has 1 aliphatic rings. The van der Waals surface area contributed by atoms with Gasteiger partial charge >= 0.3 is 5.97 Å². The molecule has 35 nitrogen and oxygen atoms in total. The first kappa shape index (κ1) is 104. The molecule has 1 saturated heterocycles. The number of phenolic OH excluding ortho intramolecular Hbond substituents is 2. The van der Waals surface area contributed by atoms with E-state index in [0.717, 1.165) is 24.5 Å². The van der Waals surface area contributed by atoms with Crippen LogP contribution in [0.5, 0.6) is 11.5 Å². The van der Waals surface area contributed by atoms with Crippen LogP contribution in [-0.4, -0.2) is 278 Å². The number of thioether (sulfide) groups is 1. The lowest BCUT2D eigenvalue weighted by Crippen LogP contribution is -2.61. The molecule has 7 aromatic rings. The first-order valence-corrected chi connectivity index (χ1v) is 44.3. The predicted molar refractivity (Wildman–Crippen MR) is 483 cm³/mol.